The molecular weight excluding hydrogens is 451 g/mol. The summed E-state index contributed by atoms with van der Waals surface area (Å²) in [5.74, 6) is 0. The van der Waals surface area contributed by atoms with Gasteiger partial charge in [0.05, 0.1) is 5.69 Å². The van der Waals surface area contributed by atoms with E-state index in [1.165, 1.54) is 22.5 Å². The van der Waals surface area contributed by atoms with E-state index < -0.39 is 0 Å². The van der Waals surface area contributed by atoms with Crippen molar-refractivity contribution < 1.29 is 21.1 Å². The molecule has 0 fully saturated rings. The summed E-state index contributed by atoms with van der Waals surface area (Å²) in [4.78, 5) is 0. The van der Waals surface area contributed by atoms with Gasteiger partial charge in [-0.3, -0.25) is 4.68 Å². The number of benzene rings is 1. The van der Waals surface area contributed by atoms with Crippen LogP contribution in [0.2, 0.25) is 0 Å². The molecule has 0 unspecified atom stereocenters. The van der Waals surface area contributed by atoms with Gasteiger partial charge in [-0.25, -0.2) is 0 Å². The average molecular weight is 480 g/mol. The maximum atomic E-state index is 4.99. The second-order valence-electron chi connectivity index (χ2n) is 7.07. The summed E-state index contributed by atoms with van der Waals surface area (Å²) in [5, 5.41) is 4.99. The number of hydrogen-bond acceptors (Lipinski definition) is 1. The third-order valence-corrected chi connectivity index (χ3v) is 3.76. The molecule has 0 saturated carbocycles. The van der Waals surface area contributed by atoms with Crippen LogP contribution in [-0.2, 0) is 32.9 Å². The zero-order valence-electron chi connectivity index (χ0n) is 14.6. The summed E-state index contributed by atoms with van der Waals surface area (Å²) in [6.45, 7) is 13.4. The monoisotopic (exact) mass is 479 g/mol. The second-order valence-corrected chi connectivity index (χ2v) is 7.07. The Kier molecular flexibility index (Phi) is 6.62. The third kappa shape index (κ3) is 3.90. The molecule has 0 atom stereocenters. The van der Waals surface area contributed by atoms with E-state index in [1.54, 1.807) is 0 Å². The standard InChI is InChI=1S/C19H28N2.Pt/c1-7-11-16-17(15-12-9-8-10-13-15)18(19(4,5)6)20-21(16)14(2)3;/h8-10,12-14H,7,11H2,1-6H3;. The number of nitrogens with zero attached hydrogens (tertiary/aromatic N) is 2. The molecule has 0 aliphatic rings. The molecule has 0 saturated heterocycles. The zero-order valence-corrected chi connectivity index (χ0v) is 16.9. The molecular formula is C19H28N2Pt. The van der Waals surface area contributed by atoms with Crippen molar-refractivity contribution in [1.82, 2.24) is 9.78 Å². The van der Waals surface area contributed by atoms with Crippen LogP contribution < -0.4 is 0 Å². The van der Waals surface area contributed by atoms with Gasteiger partial charge in [0.2, 0.25) is 0 Å². The first-order valence-electron chi connectivity index (χ1n) is 8.03. The van der Waals surface area contributed by atoms with Crippen molar-refractivity contribution in [2.45, 2.75) is 65.8 Å². The molecule has 0 aliphatic heterocycles. The van der Waals surface area contributed by atoms with Crippen LogP contribution in [0.25, 0.3) is 11.1 Å². The summed E-state index contributed by atoms with van der Waals surface area (Å²) in [7, 11) is 0. The molecule has 1 heterocycles. The van der Waals surface area contributed by atoms with Gasteiger partial charge >= 0.3 is 0 Å². The van der Waals surface area contributed by atoms with Crippen LogP contribution in [0.4, 0.5) is 0 Å². The van der Waals surface area contributed by atoms with Crippen molar-refractivity contribution in [3.05, 3.63) is 41.7 Å². The van der Waals surface area contributed by atoms with Crippen LogP contribution in [0.5, 0.6) is 0 Å². The Hall–Kier alpha value is -0.882. The Morgan fingerprint density at radius 1 is 1.09 bits per heavy atom. The Balaban J connectivity index is 0.00000242. The van der Waals surface area contributed by atoms with Gasteiger partial charge in [-0.1, -0.05) is 64.4 Å². The van der Waals surface area contributed by atoms with Gasteiger partial charge in [-0.05, 0) is 25.8 Å². The van der Waals surface area contributed by atoms with Gasteiger partial charge in [0.15, 0.2) is 0 Å². The summed E-state index contributed by atoms with van der Waals surface area (Å²) in [5.41, 5.74) is 5.28. The molecule has 3 heteroatoms. The van der Waals surface area contributed by atoms with Crippen LogP contribution in [0, 0.1) is 0 Å². The maximum Gasteiger partial charge on any atom is 0.0759 e. The Morgan fingerprint density at radius 2 is 1.68 bits per heavy atom. The van der Waals surface area contributed by atoms with Gasteiger partial charge in [-0.2, -0.15) is 5.10 Å². The minimum Gasteiger partial charge on any atom is -0.266 e. The Bertz CT molecular complexity index is 592. The largest absolute Gasteiger partial charge is 0.266 e. The molecule has 0 bridgehead atoms. The molecule has 22 heavy (non-hydrogen) atoms. The van der Waals surface area contributed by atoms with Crippen LogP contribution in [-0.4, -0.2) is 9.78 Å². The van der Waals surface area contributed by atoms with Crippen LogP contribution in [0.1, 0.15) is 65.4 Å². The van der Waals surface area contributed by atoms with Gasteiger partial charge in [0.25, 0.3) is 0 Å². The molecule has 0 amide bonds. The molecule has 0 N–H and O–H groups in total. The first kappa shape index (κ1) is 19.2. The quantitative estimate of drug-likeness (QED) is 0.576. The summed E-state index contributed by atoms with van der Waals surface area (Å²) < 4.78 is 2.23. The fourth-order valence-electron chi connectivity index (χ4n) is 2.81. The molecule has 0 aliphatic carbocycles. The predicted octanol–water partition coefficient (Wildman–Crippen LogP) is 5.38. The van der Waals surface area contributed by atoms with E-state index in [9.17, 15) is 0 Å². The van der Waals surface area contributed by atoms with E-state index in [1.807, 2.05) is 0 Å². The number of rotatable bonds is 4. The third-order valence-electron chi connectivity index (χ3n) is 3.76. The minimum absolute atomic E-state index is 0. The summed E-state index contributed by atoms with van der Waals surface area (Å²) in [6, 6.07) is 11.1. The van der Waals surface area contributed by atoms with Crippen molar-refractivity contribution in [2.24, 2.45) is 0 Å². The van der Waals surface area contributed by atoms with Gasteiger partial charge in [0, 0.05) is 43.8 Å². The fourth-order valence-corrected chi connectivity index (χ4v) is 2.81. The van der Waals surface area contributed by atoms with Crippen LogP contribution >= 0.6 is 0 Å². The summed E-state index contributed by atoms with van der Waals surface area (Å²) >= 11 is 0. The van der Waals surface area contributed by atoms with Gasteiger partial charge in [0.1, 0.15) is 0 Å². The average Bonchev–Trinajstić information content (AvgIpc) is 2.80. The smallest absolute Gasteiger partial charge is 0.0759 e. The summed E-state index contributed by atoms with van der Waals surface area (Å²) in [6.07, 6.45) is 2.22. The first-order chi connectivity index (χ1) is 9.86. The topological polar surface area (TPSA) is 17.8 Å². The van der Waals surface area contributed by atoms with Crippen molar-refractivity contribution in [3.63, 3.8) is 0 Å². The van der Waals surface area contributed by atoms with E-state index in [-0.39, 0.29) is 26.5 Å². The molecule has 0 spiro atoms. The van der Waals surface area contributed by atoms with Crippen molar-refractivity contribution >= 4 is 0 Å². The minimum atomic E-state index is 0. The van der Waals surface area contributed by atoms with Crippen molar-refractivity contribution in [2.75, 3.05) is 0 Å². The second kappa shape index (κ2) is 7.59. The van der Waals surface area contributed by atoms with Crippen LogP contribution in [0.3, 0.4) is 0 Å². The van der Waals surface area contributed by atoms with Crippen molar-refractivity contribution in [3.8, 4) is 11.1 Å². The molecule has 0 radical (unpaired) electrons. The molecule has 1 aromatic heterocycles. The molecule has 2 aromatic rings. The molecule has 2 nitrogen and oxygen atoms in total. The fraction of sp³-hybridized carbons (Fsp3) is 0.526. The SMILES string of the molecule is CCCc1c(-c2ccccc2)c(C(C)(C)C)nn1C(C)C.[Pt]. The normalized spacial score (nSPS) is 11.6. The molecule has 1 aromatic carbocycles. The predicted molar refractivity (Wildman–Crippen MR) is 90.7 cm³/mol. The Labute approximate surface area is 149 Å². The molecule has 2 rings (SSSR count). The molecule has 124 valence electrons. The van der Waals surface area contributed by atoms with Crippen molar-refractivity contribution in [1.29, 1.82) is 0 Å². The first-order valence-corrected chi connectivity index (χ1v) is 8.03. The van der Waals surface area contributed by atoms with E-state index in [4.69, 9.17) is 5.10 Å². The van der Waals surface area contributed by atoms with Crippen LogP contribution in [0.15, 0.2) is 30.3 Å². The van der Waals surface area contributed by atoms with E-state index in [2.05, 4.69) is 76.6 Å². The zero-order chi connectivity index (χ0) is 15.6. The Morgan fingerprint density at radius 3 is 2.14 bits per heavy atom. The van der Waals surface area contributed by atoms with Gasteiger partial charge < -0.3 is 0 Å². The maximum absolute atomic E-state index is 4.99. The number of hydrogen-bond donors (Lipinski definition) is 0. The van der Waals surface area contributed by atoms with E-state index in [0.29, 0.717) is 6.04 Å². The number of aromatic nitrogens is 2. The van der Waals surface area contributed by atoms with E-state index >= 15 is 0 Å². The van der Waals surface area contributed by atoms with Gasteiger partial charge in [-0.15, -0.1) is 0 Å². The van der Waals surface area contributed by atoms with E-state index in [0.717, 1.165) is 12.8 Å².